The normalized spacial score (nSPS) is 14.5. The van der Waals surface area contributed by atoms with Crippen LogP contribution in [0.4, 0.5) is 5.82 Å². The van der Waals surface area contributed by atoms with E-state index in [1.165, 1.54) is 19.3 Å². The van der Waals surface area contributed by atoms with Gasteiger partial charge in [0, 0.05) is 18.7 Å². The average Bonchev–Trinajstić information content (AvgIpc) is 3.19. The third-order valence-corrected chi connectivity index (χ3v) is 4.32. The molecule has 0 radical (unpaired) electrons. The first-order chi connectivity index (χ1) is 12.3. The van der Waals surface area contributed by atoms with E-state index in [9.17, 15) is 0 Å². The highest BCUT2D eigenvalue weighted by atomic mass is 16.5. The maximum Gasteiger partial charge on any atom is 0.278 e. The highest BCUT2D eigenvalue weighted by Gasteiger charge is 2.15. The van der Waals surface area contributed by atoms with E-state index in [0.29, 0.717) is 17.4 Å². The van der Waals surface area contributed by atoms with Crippen LogP contribution in [-0.4, -0.2) is 40.5 Å². The number of methoxy groups -OCH3 is 1. The summed E-state index contributed by atoms with van der Waals surface area (Å²) in [6.45, 7) is 2.08. The number of anilines is 1. The summed E-state index contributed by atoms with van der Waals surface area (Å²) in [6.07, 6.45) is 3.70. The van der Waals surface area contributed by atoms with E-state index in [4.69, 9.17) is 9.26 Å². The molecule has 0 atom stereocenters. The van der Waals surface area contributed by atoms with Gasteiger partial charge in [0.15, 0.2) is 11.5 Å². The minimum Gasteiger partial charge on any atom is -0.497 e. The van der Waals surface area contributed by atoms with Gasteiger partial charge < -0.3 is 14.2 Å². The Labute approximate surface area is 145 Å². The molecule has 7 heteroatoms. The molecule has 3 aromatic rings. The Hall–Kier alpha value is -2.96. The summed E-state index contributed by atoms with van der Waals surface area (Å²) in [5.74, 6) is 2.56. The van der Waals surface area contributed by atoms with Crippen LogP contribution >= 0.6 is 0 Å². The van der Waals surface area contributed by atoms with E-state index in [1.807, 2.05) is 36.4 Å². The lowest BCUT2D eigenvalue weighted by molar-refractivity contribution is 0.414. The van der Waals surface area contributed by atoms with Gasteiger partial charge in [-0.2, -0.15) is 4.98 Å². The Morgan fingerprint density at radius 3 is 2.44 bits per heavy atom. The topological polar surface area (TPSA) is 77.2 Å². The van der Waals surface area contributed by atoms with Crippen molar-refractivity contribution in [2.45, 2.75) is 19.3 Å². The van der Waals surface area contributed by atoms with Crippen molar-refractivity contribution in [3.05, 3.63) is 36.4 Å². The fraction of sp³-hybridized carbons (Fsp3) is 0.333. The molecule has 2 aromatic heterocycles. The molecular weight excluding hydrogens is 318 g/mol. The van der Waals surface area contributed by atoms with Crippen molar-refractivity contribution in [2.24, 2.45) is 0 Å². The molecule has 1 fully saturated rings. The second-order valence-electron chi connectivity index (χ2n) is 5.98. The van der Waals surface area contributed by atoms with Gasteiger partial charge in [0.25, 0.3) is 5.89 Å². The molecule has 7 nitrogen and oxygen atoms in total. The van der Waals surface area contributed by atoms with Crippen molar-refractivity contribution in [1.29, 1.82) is 0 Å². The minimum absolute atomic E-state index is 0.364. The van der Waals surface area contributed by atoms with Crippen LogP contribution in [-0.2, 0) is 0 Å². The van der Waals surface area contributed by atoms with Gasteiger partial charge in [0.05, 0.1) is 7.11 Å². The summed E-state index contributed by atoms with van der Waals surface area (Å²) in [6, 6.07) is 11.3. The number of hydrogen-bond donors (Lipinski definition) is 0. The Balaban J connectivity index is 1.53. The highest BCUT2D eigenvalue weighted by Crippen LogP contribution is 2.24. The summed E-state index contributed by atoms with van der Waals surface area (Å²) in [7, 11) is 1.63. The monoisotopic (exact) mass is 337 g/mol. The lowest BCUT2D eigenvalue weighted by Gasteiger charge is -2.27. The average molecular weight is 337 g/mol. The van der Waals surface area contributed by atoms with Crippen LogP contribution < -0.4 is 9.64 Å². The molecule has 3 heterocycles. The van der Waals surface area contributed by atoms with Crippen molar-refractivity contribution in [1.82, 2.24) is 20.3 Å². The summed E-state index contributed by atoms with van der Waals surface area (Å²) in [5, 5.41) is 12.6. The predicted octanol–water partition coefficient (Wildman–Crippen LogP) is 3.19. The third-order valence-electron chi connectivity index (χ3n) is 4.32. The molecular formula is C18H19N5O2. The zero-order valence-electron chi connectivity index (χ0n) is 14.1. The van der Waals surface area contributed by atoms with E-state index < -0.39 is 0 Å². The Kier molecular flexibility index (Phi) is 4.28. The molecule has 1 aromatic carbocycles. The van der Waals surface area contributed by atoms with Gasteiger partial charge in [-0.3, -0.25) is 0 Å². The molecule has 128 valence electrons. The summed E-state index contributed by atoms with van der Waals surface area (Å²) in [5.41, 5.74) is 1.43. The van der Waals surface area contributed by atoms with Crippen LogP contribution in [0.25, 0.3) is 23.0 Å². The van der Waals surface area contributed by atoms with Crippen molar-refractivity contribution < 1.29 is 9.26 Å². The summed E-state index contributed by atoms with van der Waals surface area (Å²) < 4.78 is 10.5. The molecule has 0 bridgehead atoms. The standard InChI is InChI=1S/C18H19N5O2/c1-24-14-7-5-13(6-8-14)17-19-18(25-22-17)15-9-10-16(21-20-15)23-11-3-2-4-12-23/h5-10H,2-4,11-12H2,1H3. The minimum atomic E-state index is 0.364. The largest absolute Gasteiger partial charge is 0.497 e. The van der Waals surface area contributed by atoms with E-state index in [1.54, 1.807) is 7.11 Å². The Morgan fingerprint density at radius 1 is 0.960 bits per heavy atom. The van der Waals surface area contributed by atoms with Crippen LogP contribution in [0, 0.1) is 0 Å². The SMILES string of the molecule is COc1ccc(-c2noc(-c3ccc(N4CCCCC4)nn3)n2)cc1. The van der Waals surface area contributed by atoms with Gasteiger partial charge in [-0.25, -0.2) is 0 Å². The predicted molar refractivity (Wildman–Crippen MR) is 93.4 cm³/mol. The van der Waals surface area contributed by atoms with Gasteiger partial charge in [-0.1, -0.05) is 5.16 Å². The van der Waals surface area contributed by atoms with Crippen molar-refractivity contribution in [3.8, 4) is 28.7 Å². The second kappa shape index (κ2) is 6.88. The molecule has 25 heavy (non-hydrogen) atoms. The zero-order chi connectivity index (χ0) is 17.1. The highest BCUT2D eigenvalue weighted by molar-refractivity contribution is 5.59. The smallest absolute Gasteiger partial charge is 0.278 e. The first-order valence-corrected chi connectivity index (χ1v) is 8.41. The molecule has 0 N–H and O–H groups in total. The van der Waals surface area contributed by atoms with Crippen LogP contribution in [0.1, 0.15) is 19.3 Å². The Morgan fingerprint density at radius 2 is 1.76 bits per heavy atom. The molecule has 0 amide bonds. The fourth-order valence-corrected chi connectivity index (χ4v) is 2.92. The molecule has 0 aliphatic carbocycles. The van der Waals surface area contributed by atoms with Crippen molar-refractivity contribution in [3.63, 3.8) is 0 Å². The fourth-order valence-electron chi connectivity index (χ4n) is 2.92. The number of benzene rings is 1. The number of piperidine rings is 1. The van der Waals surface area contributed by atoms with Crippen LogP contribution in [0.5, 0.6) is 5.75 Å². The van der Waals surface area contributed by atoms with Crippen LogP contribution in [0.3, 0.4) is 0 Å². The molecule has 0 saturated carbocycles. The van der Waals surface area contributed by atoms with E-state index >= 15 is 0 Å². The molecule has 0 unspecified atom stereocenters. The van der Waals surface area contributed by atoms with E-state index in [2.05, 4.69) is 25.2 Å². The molecule has 1 aliphatic rings. The van der Waals surface area contributed by atoms with E-state index in [-0.39, 0.29) is 0 Å². The maximum atomic E-state index is 5.34. The zero-order valence-corrected chi connectivity index (χ0v) is 14.1. The van der Waals surface area contributed by atoms with E-state index in [0.717, 1.165) is 30.2 Å². The third kappa shape index (κ3) is 3.31. The molecule has 0 spiro atoms. The summed E-state index contributed by atoms with van der Waals surface area (Å²) in [4.78, 5) is 6.67. The number of aromatic nitrogens is 4. The number of hydrogen-bond acceptors (Lipinski definition) is 7. The number of nitrogens with zero attached hydrogens (tertiary/aromatic N) is 5. The quantitative estimate of drug-likeness (QED) is 0.723. The number of rotatable bonds is 4. The van der Waals surface area contributed by atoms with Gasteiger partial charge >= 0.3 is 0 Å². The lowest BCUT2D eigenvalue weighted by atomic mass is 10.1. The van der Waals surface area contributed by atoms with Crippen LogP contribution in [0.15, 0.2) is 40.9 Å². The van der Waals surface area contributed by atoms with Crippen molar-refractivity contribution >= 4 is 5.82 Å². The lowest BCUT2D eigenvalue weighted by Crippen LogP contribution is -2.30. The first kappa shape index (κ1) is 15.6. The van der Waals surface area contributed by atoms with Crippen molar-refractivity contribution in [2.75, 3.05) is 25.1 Å². The van der Waals surface area contributed by atoms with Crippen LogP contribution in [0.2, 0.25) is 0 Å². The van der Waals surface area contributed by atoms with Gasteiger partial charge in [0.2, 0.25) is 5.82 Å². The second-order valence-corrected chi connectivity index (χ2v) is 5.98. The molecule has 1 saturated heterocycles. The summed E-state index contributed by atoms with van der Waals surface area (Å²) >= 11 is 0. The molecule has 4 rings (SSSR count). The molecule has 1 aliphatic heterocycles. The number of ether oxygens (including phenoxy) is 1. The maximum absolute atomic E-state index is 5.34. The van der Waals surface area contributed by atoms with Gasteiger partial charge in [-0.15, -0.1) is 10.2 Å². The Bertz CT molecular complexity index is 823. The first-order valence-electron chi connectivity index (χ1n) is 8.41. The van der Waals surface area contributed by atoms with Gasteiger partial charge in [0.1, 0.15) is 5.75 Å². The van der Waals surface area contributed by atoms with Gasteiger partial charge in [-0.05, 0) is 55.7 Å².